The van der Waals surface area contributed by atoms with Crippen LogP contribution in [-0.4, -0.2) is 11.5 Å². The maximum atomic E-state index is 13.7. The number of likely N-dealkylation sites (N-methyl/N-ethyl adjacent to an activating group) is 1. The van der Waals surface area contributed by atoms with Gasteiger partial charge in [0.2, 0.25) is 0 Å². The number of rotatable bonds is 5. The maximum Gasteiger partial charge on any atom is 0.126 e. The van der Waals surface area contributed by atoms with E-state index in [1.54, 1.807) is 6.07 Å². The van der Waals surface area contributed by atoms with Gasteiger partial charge < -0.3 is 5.32 Å². The molecule has 0 saturated heterocycles. The van der Waals surface area contributed by atoms with Crippen molar-refractivity contribution in [3.63, 3.8) is 0 Å². The van der Waals surface area contributed by atoms with Crippen molar-refractivity contribution in [1.82, 2.24) is 10.3 Å². The monoisotopic (exact) mass is 258 g/mol. The molecule has 2 rings (SSSR count). The van der Waals surface area contributed by atoms with E-state index in [0.717, 1.165) is 23.4 Å². The van der Waals surface area contributed by atoms with Crippen LogP contribution in [-0.2, 0) is 6.42 Å². The molecule has 1 N–H and O–H groups in total. The van der Waals surface area contributed by atoms with Gasteiger partial charge in [0.1, 0.15) is 5.82 Å². The van der Waals surface area contributed by atoms with Gasteiger partial charge in [-0.05, 0) is 43.1 Å². The highest BCUT2D eigenvalue weighted by atomic mass is 19.1. The van der Waals surface area contributed by atoms with Gasteiger partial charge in [0.15, 0.2) is 0 Å². The summed E-state index contributed by atoms with van der Waals surface area (Å²) in [5, 5.41) is 3.39. The van der Waals surface area contributed by atoms with Crippen LogP contribution >= 0.6 is 0 Å². The van der Waals surface area contributed by atoms with E-state index in [0.29, 0.717) is 6.42 Å². The number of hydrogen-bond acceptors (Lipinski definition) is 2. The van der Waals surface area contributed by atoms with E-state index < -0.39 is 0 Å². The summed E-state index contributed by atoms with van der Waals surface area (Å²) in [6, 6.07) is 11.1. The first-order valence-corrected chi connectivity index (χ1v) is 6.60. The van der Waals surface area contributed by atoms with Gasteiger partial charge in [0.05, 0.1) is 0 Å². The zero-order chi connectivity index (χ0) is 13.7. The van der Waals surface area contributed by atoms with Crippen molar-refractivity contribution >= 4 is 0 Å². The van der Waals surface area contributed by atoms with Gasteiger partial charge in [-0.25, -0.2) is 4.39 Å². The molecular formula is C16H19FN2. The summed E-state index contributed by atoms with van der Waals surface area (Å²) in [5.41, 5.74) is 2.81. The highest BCUT2D eigenvalue weighted by molar-refractivity contribution is 5.23. The molecule has 0 aliphatic carbocycles. The van der Waals surface area contributed by atoms with Gasteiger partial charge >= 0.3 is 0 Å². The minimum atomic E-state index is -0.148. The summed E-state index contributed by atoms with van der Waals surface area (Å²) < 4.78 is 13.7. The second-order valence-corrected chi connectivity index (χ2v) is 4.64. The number of pyridine rings is 1. The van der Waals surface area contributed by atoms with Crippen molar-refractivity contribution in [2.75, 3.05) is 6.54 Å². The largest absolute Gasteiger partial charge is 0.310 e. The van der Waals surface area contributed by atoms with Crippen molar-refractivity contribution in [3.05, 3.63) is 65.2 Å². The zero-order valence-electron chi connectivity index (χ0n) is 11.4. The molecule has 1 unspecified atom stereocenters. The molecule has 0 bridgehead atoms. The van der Waals surface area contributed by atoms with Crippen LogP contribution < -0.4 is 5.32 Å². The highest BCUT2D eigenvalue weighted by Gasteiger charge is 2.13. The van der Waals surface area contributed by atoms with Crippen LogP contribution in [0.1, 0.15) is 29.8 Å². The lowest BCUT2D eigenvalue weighted by Gasteiger charge is -2.18. The second-order valence-electron chi connectivity index (χ2n) is 4.64. The van der Waals surface area contributed by atoms with E-state index in [2.05, 4.69) is 23.3 Å². The molecule has 100 valence electrons. The molecule has 0 fully saturated rings. The van der Waals surface area contributed by atoms with Crippen LogP contribution in [0.4, 0.5) is 4.39 Å². The summed E-state index contributed by atoms with van der Waals surface area (Å²) in [7, 11) is 0. The van der Waals surface area contributed by atoms with Gasteiger partial charge in [-0.2, -0.15) is 0 Å². The minimum absolute atomic E-state index is 0.0926. The quantitative estimate of drug-likeness (QED) is 0.888. The standard InChI is InChI=1S/C16H19FN2/c1-3-18-16(14-9-8-12(2)19-11-14)10-13-6-4-5-7-15(13)17/h4-9,11,16,18H,3,10H2,1-2H3. The van der Waals surface area contributed by atoms with Crippen molar-refractivity contribution in [1.29, 1.82) is 0 Å². The average Bonchev–Trinajstić information content (AvgIpc) is 2.42. The molecule has 0 saturated carbocycles. The molecule has 3 heteroatoms. The molecule has 2 nitrogen and oxygen atoms in total. The predicted octanol–water partition coefficient (Wildman–Crippen LogP) is 3.42. The number of benzene rings is 1. The Hall–Kier alpha value is -1.74. The van der Waals surface area contributed by atoms with Crippen LogP contribution in [0.25, 0.3) is 0 Å². The van der Waals surface area contributed by atoms with E-state index >= 15 is 0 Å². The van der Waals surface area contributed by atoms with Crippen LogP contribution in [0.15, 0.2) is 42.6 Å². The minimum Gasteiger partial charge on any atom is -0.310 e. The molecule has 1 heterocycles. The van der Waals surface area contributed by atoms with Gasteiger partial charge in [-0.1, -0.05) is 31.2 Å². The van der Waals surface area contributed by atoms with Crippen LogP contribution in [0, 0.1) is 12.7 Å². The van der Waals surface area contributed by atoms with E-state index in [1.807, 2.05) is 31.3 Å². The first kappa shape index (κ1) is 13.7. The Kier molecular flexibility index (Phi) is 4.63. The van der Waals surface area contributed by atoms with E-state index in [4.69, 9.17) is 0 Å². The van der Waals surface area contributed by atoms with Crippen LogP contribution in [0.5, 0.6) is 0 Å². The molecular weight excluding hydrogens is 239 g/mol. The van der Waals surface area contributed by atoms with E-state index in [-0.39, 0.29) is 11.9 Å². The van der Waals surface area contributed by atoms with Gasteiger partial charge in [0, 0.05) is 17.9 Å². The Morgan fingerprint density at radius 2 is 2.00 bits per heavy atom. The molecule has 0 aliphatic rings. The number of aryl methyl sites for hydroxylation is 1. The zero-order valence-corrected chi connectivity index (χ0v) is 11.4. The smallest absolute Gasteiger partial charge is 0.126 e. The molecule has 19 heavy (non-hydrogen) atoms. The fourth-order valence-corrected chi connectivity index (χ4v) is 2.12. The first-order valence-electron chi connectivity index (χ1n) is 6.60. The molecule has 0 spiro atoms. The fraction of sp³-hybridized carbons (Fsp3) is 0.312. The first-order chi connectivity index (χ1) is 9.20. The van der Waals surface area contributed by atoms with Crippen molar-refractivity contribution < 1.29 is 4.39 Å². The van der Waals surface area contributed by atoms with Gasteiger partial charge in [-0.3, -0.25) is 4.98 Å². The third-order valence-corrected chi connectivity index (χ3v) is 3.17. The Balaban J connectivity index is 2.21. The Labute approximate surface area is 113 Å². The summed E-state index contributed by atoms with van der Waals surface area (Å²) in [5.74, 6) is -0.148. The molecule has 1 aromatic heterocycles. The summed E-state index contributed by atoms with van der Waals surface area (Å²) >= 11 is 0. The molecule has 1 aromatic carbocycles. The molecule has 2 aromatic rings. The van der Waals surface area contributed by atoms with Crippen molar-refractivity contribution in [3.8, 4) is 0 Å². The van der Waals surface area contributed by atoms with Crippen molar-refractivity contribution in [2.45, 2.75) is 26.3 Å². The normalized spacial score (nSPS) is 12.4. The van der Waals surface area contributed by atoms with Crippen LogP contribution in [0.2, 0.25) is 0 Å². The summed E-state index contributed by atoms with van der Waals surface area (Å²) in [6.07, 6.45) is 2.49. The molecule has 0 amide bonds. The van der Waals surface area contributed by atoms with Gasteiger partial charge in [0.25, 0.3) is 0 Å². The fourth-order valence-electron chi connectivity index (χ4n) is 2.12. The lowest BCUT2D eigenvalue weighted by atomic mass is 9.99. The topological polar surface area (TPSA) is 24.9 Å². The average molecular weight is 258 g/mol. The summed E-state index contributed by atoms with van der Waals surface area (Å²) in [6.45, 7) is 4.85. The third kappa shape index (κ3) is 3.61. The maximum absolute atomic E-state index is 13.7. The SMILES string of the molecule is CCNC(Cc1ccccc1F)c1ccc(C)nc1. The number of halogens is 1. The number of aromatic nitrogens is 1. The summed E-state index contributed by atoms with van der Waals surface area (Å²) in [4.78, 5) is 4.31. The van der Waals surface area contributed by atoms with Gasteiger partial charge in [-0.15, -0.1) is 0 Å². The lowest BCUT2D eigenvalue weighted by molar-refractivity contribution is 0.526. The highest BCUT2D eigenvalue weighted by Crippen LogP contribution is 2.19. The second kappa shape index (κ2) is 6.43. The van der Waals surface area contributed by atoms with Crippen molar-refractivity contribution in [2.24, 2.45) is 0 Å². The predicted molar refractivity (Wildman–Crippen MR) is 75.5 cm³/mol. The molecule has 1 atom stereocenters. The lowest BCUT2D eigenvalue weighted by Crippen LogP contribution is -2.23. The molecule has 0 radical (unpaired) electrons. The Morgan fingerprint density at radius 3 is 2.63 bits per heavy atom. The van der Waals surface area contributed by atoms with E-state index in [9.17, 15) is 4.39 Å². The van der Waals surface area contributed by atoms with E-state index in [1.165, 1.54) is 6.07 Å². The Morgan fingerprint density at radius 1 is 1.21 bits per heavy atom. The number of nitrogens with one attached hydrogen (secondary N) is 1. The third-order valence-electron chi connectivity index (χ3n) is 3.17. The number of hydrogen-bond donors (Lipinski definition) is 1. The van der Waals surface area contributed by atoms with Crippen LogP contribution in [0.3, 0.4) is 0 Å². The Bertz CT molecular complexity index is 523. The number of nitrogens with zero attached hydrogens (tertiary/aromatic N) is 1. The molecule has 0 aliphatic heterocycles.